The van der Waals surface area contributed by atoms with Gasteiger partial charge in [-0.1, -0.05) is 11.3 Å². The van der Waals surface area contributed by atoms with Crippen molar-refractivity contribution in [1.82, 2.24) is 35.0 Å². The first-order valence-electron chi connectivity index (χ1n) is 10.5. The second-order valence-corrected chi connectivity index (χ2v) is 10.1. The lowest BCUT2D eigenvalue weighted by atomic mass is 9.79. The van der Waals surface area contributed by atoms with Crippen molar-refractivity contribution in [1.29, 1.82) is 0 Å². The summed E-state index contributed by atoms with van der Waals surface area (Å²) in [7, 11) is -3.66. The summed E-state index contributed by atoms with van der Waals surface area (Å²) in [6.45, 7) is 2.56. The number of fused-ring (bicyclic) bond motifs is 1. The normalized spacial score (nSPS) is 20.8. The average Bonchev–Trinajstić information content (AvgIpc) is 3.52. The first-order valence-corrected chi connectivity index (χ1v) is 12.0. The molecule has 0 spiro atoms. The number of nitrogen functional groups attached to an aromatic ring is 1. The van der Waals surface area contributed by atoms with E-state index in [1.807, 2.05) is 6.92 Å². The topological polar surface area (TPSA) is 178 Å². The van der Waals surface area contributed by atoms with Crippen LogP contribution in [0.2, 0.25) is 0 Å². The second kappa shape index (κ2) is 9.11. The molecule has 16 heteroatoms. The predicted molar refractivity (Wildman–Crippen MR) is 119 cm³/mol. The minimum Gasteiger partial charge on any atom is -0.475 e. The van der Waals surface area contributed by atoms with E-state index in [1.54, 1.807) is 24.4 Å². The van der Waals surface area contributed by atoms with Crippen molar-refractivity contribution in [3.63, 3.8) is 0 Å². The molecule has 3 aromatic rings. The molecule has 0 atom stereocenters. The highest BCUT2D eigenvalue weighted by Gasteiger charge is 2.52. The van der Waals surface area contributed by atoms with Crippen LogP contribution in [0.3, 0.4) is 0 Å². The molecule has 12 nitrogen and oxygen atoms in total. The highest BCUT2D eigenvalue weighted by atomic mass is 32.2. The molecule has 2 aromatic heterocycles. The van der Waals surface area contributed by atoms with Gasteiger partial charge >= 0.3 is 12.1 Å². The molecule has 4 heterocycles. The first-order chi connectivity index (χ1) is 16.8. The van der Waals surface area contributed by atoms with E-state index in [1.165, 1.54) is 17.1 Å². The van der Waals surface area contributed by atoms with Gasteiger partial charge in [0.25, 0.3) is 0 Å². The van der Waals surface area contributed by atoms with Crippen LogP contribution in [0.4, 0.5) is 19.0 Å². The van der Waals surface area contributed by atoms with E-state index < -0.39 is 22.2 Å². The summed E-state index contributed by atoms with van der Waals surface area (Å²) in [5.74, 6) is -2.22. The standard InChI is InChI=1S/C18H20N8O2S.C2HF3O2/c1-11-2-3-13(29(27,28)24-18-7-12(8-18)21-10-18)6-14(11)15-9-20-16(19)17(23-15)26-5-4-22-25-26;3-2(4,5)1(6)7/h2-6,9,12,21,24H,7-8,10H2,1H3,(H2,19,20);(H,6,7). The number of halogens is 3. The molecule has 2 aliphatic heterocycles. The fraction of sp³-hybridized carbons (Fsp3) is 0.350. The van der Waals surface area contributed by atoms with Crippen molar-refractivity contribution in [3.8, 4) is 17.1 Å². The molecule has 0 radical (unpaired) electrons. The van der Waals surface area contributed by atoms with Crippen LogP contribution in [0, 0.1) is 6.92 Å². The highest BCUT2D eigenvalue weighted by molar-refractivity contribution is 7.89. The molecule has 5 N–H and O–H groups in total. The Labute approximate surface area is 202 Å². The van der Waals surface area contributed by atoms with Crippen molar-refractivity contribution in [2.75, 3.05) is 12.3 Å². The number of nitrogens with zero attached hydrogens (tertiary/aromatic N) is 5. The van der Waals surface area contributed by atoms with E-state index in [-0.39, 0.29) is 16.3 Å². The van der Waals surface area contributed by atoms with E-state index in [0.29, 0.717) is 29.7 Å². The van der Waals surface area contributed by atoms with Crippen LogP contribution in [-0.4, -0.2) is 68.8 Å². The van der Waals surface area contributed by atoms with E-state index in [4.69, 9.17) is 15.6 Å². The molecule has 0 unspecified atom stereocenters. The van der Waals surface area contributed by atoms with Crippen molar-refractivity contribution < 1.29 is 31.5 Å². The number of nitrogens with two attached hydrogens (primary N) is 1. The maximum Gasteiger partial charge on any atom is 0.490 e. The van der Waals surface area contributed by atoms with Gasteiger partial charge in [-0.05, 0) is 37.5 Å². The number of sulfonamides is 1. The van der Waals surface area contributed by atoms with Crippen molar-refractivity contribution in [3.05, 3.63) is 42.4 Å². The van der Waals surface area contributed by atoms with Crippen LogP contribution in [0.5, 0.6) is 0 Å². The number of hydrogen-bond donors (Lipinski definition) is 4. The zero-order valence-electron chi connectivity index (χ0n) is 18.7. The molecule has 1 aromatic carbocycles. The fourth-order valence-corrected chi connectivity index (χ4v) is 5.47. The average molecular weight is 527 g/mol. The fourth-order valence-electron chi connectivity index (χ4n) is 4.03. The van der Waals surface area contributed by atoms with Crippen LogP contribution in [0.1, 0.15) is 18.4 Å². The van der Waals surface area contributed by atoms with Crippen molar-refractivity contribution in [2.45, 2.75) is 42.4 Å². The number of carbonyl (C=O) groups is 1. The number of anilines is 1. The molecular weight excluding hydrogens is 505 g/mol. The highest BCUT2D eigenvalue weighted by Crippen LogP contribution is 2.39. The molecule has 36 heavy (non-hydrogen) atoms. The smallest absolute Gasteiger partial charge is 0.475 e. The molecule has 3 fully saturated rings. The molecule has 0 amide bonds. The van der Waals surface area contributed by atoms with Crippen LogP contribution in [0.15, 0.2) is 41.7 Å². The number of alkyl halides is 3. The maximum atomic E-state index is 13.0. The second-order valence-electron chi connectivity index (χ2n) is 8.46. The SMILES string of the molecule is Cc1ccc(S(=O)(=O)NC23CNC(C2)C3)cc1-c1cnc(N)c(-n2ccnn2)n1.O=C(O)C(F)(F)F. The monoisotopic (exact) mass is 526 g/mol. The summed E-state index contributed by atoms with van der Waals surface area (Å²) in [4.78, 5) is 17.8. The van der Waals surface area contributed by atoms with Crippen molar-refractivity contribution >= 4 is 21.8 Å². The van der Waals surface area contributed by atoms with Gasteiger partial charge in [-0.2, -0.15) is 17.9 Å². The number of aromatic nitrogens is 5. The predicted octanol–water partition coefficient (Wildman–Crippen LogP) is 1.03. The Bertz CT molecular complexity index is 1380. The molecular formula is C20H21F3N8O4S. The Kier molecular flexibility index (Phi) is 6.44. The molecule has 1 aliphatic carbocycles. The number of carboxylic acids is 1. The van der Waals surface area contributed by atoms with Gasteiger partial charge < -0.3 is 16.2 Å². The van der Waals surface area contributed by atoms with Crippen molar-refractivity contribution in [2.24, 2.45) is 0 Å². The molecule has 3 aliphatic rings. The summed E-state index contributed by atoms with van der Waals surface area (Å²) in [6, 6.07) is 5.43. The molecule has 6 rings (SSSR count). The lowest BCUT2D eigenvalue weighted by molar-refractivity contribution is -0.192. The minimum atomic E-state index is -5.08. The summed E-state index contributed by atoms with van der Waals surface area (Å²) < 4.78 is 62.0. The summed E-state index contributed by atoms with van der Waals surface area (Å²) >= 11 is 0. The van der Waals surface area contributed by atoms with Crippen LogP contribution >= 0.6 is 0 Å². The summed E-state index contributed by atoms with van der Waals surface area (Å²) in [5.41, 5.74) is 7.60. The number of nitrogens with one attached hydrogen (secondary N) is 2. The number of aliphatic carboxylic acids is 1. The Hall–Kier alpha value is -3.63. The Morgan fingerprint density at radius 2 is 2.03 bits per heavy atom. The van der Waals surface area contributed by atoms with Crippen LogP contribution in [-0.2, 0) is 14.8 Å². The molecule has 192 valence electrons. The van der Waals surface area contributed by atoms with E-state index in [9.17, 15) is 21.6 Å². The zero-order chi connectivity index (χ0) is 26.3. The van der Waals surface area contributed by atoms with Gasteiger partial charge in [-0.3, -0.25) is 0 Å². The number of carboxylic acid groups (broad SMARTS) is 1. The van der Waals surface area contributed by atoms with Gasteiger partial charge in [0, 0.05) is 23.7 Å². The largest absolute Gasteiger partial charge is 0.490 e. The van der Waals surface area contributed by atoms with Gasteiger partial charge in [0.05, 0.1) is 29.2 Å². The van der Waals surface area contributed by atoms with Gasteiger partial charge in [0.2, 0.25) is 10.0 Å². The maximum absolute atomic E-state index is 13.0. The molecule has 2 saturated heterocycles. The minimum absolute atomic E-state index is 0.198. The molecule has 2 bridgehead atoms. The summed E-state index contributed by atoms with van der Waals surface area (Å²) in [5, 5.41) is 18.1. The van der Waals surface area contributed by atoms with E-state index in [0.717, 1.165) is 18.4 Å². The zero-order valence-corrected chi connectivity index (χ0v) is 19.5. The van der Waals surface area contributed by atoms with Gasteiger partial charge in [-0.15, -0.1) is 5.10 Å². The Morgan fingerprint density at radius 3 is 2.58 bits per heavy atom. The lowest BCUT2D eigenvalue weighted by Crippen LogP contribution is -2.54. The van der Waals surface area contributed by atoms with E-state index >= 15 is 0 Å². The van der Waals surface area contributed by atoms with Crippen LogP contribution in [0.25, 0.3) is 17.1 Å². The lowest BCUT2D eigenvalue weighted by Gasteiger charge is -2.37. The molecule has 1 saturated carbocycles. The third-order valence-corrected chi connectivity index (χ3v) is 7.39. The third kappa shape index (κ3) is 5.14. The first kappa shape index (κ1) is 25.5. The quantitative estimate of drug-likeness (QED) is 0.375. The Balaban J connectivity index is 0.000000384. The van der Waals surface area contributed by atoms with Gasteiger partial charge in [0.1, 0.15) is 0 Å². The number of hydrogen-bond acceptors (Lipinski definition) is 9. The van der Waals surface area contributed by atoms with Gasteiger partial charge in [-0.25, -0.2) is 27.9 Å². The van der Waals surface area contributed by atoms with Crippen LogP contribution < -0.4 is 15.8 Å². The number of rotatable bonds is 5. The number of aryl methyl sites for hydroxylation is 1. The number of benzene rings is 1. The summed E-state index contributed by atoms with van der Waals surface area (Å²) in [6.07, 6.45) is 1.23. The van der Waals surface area contributed by atoms with E-state index in [2.05, 4.69) is 30.3 Å². The Morgan fingerprint density at radius 1 is 1.33 bits per heavy atom. The third-order valence-electron chi connectivity index (χ3n) is 5.81. The van der Waals surface area contributed by atoms with Gasteiger partial charge in [0.15, 0.2) is 11.6 Å².